The molecule has 1 heterocycles. The summed E-state index contributed by atoms with van der Waals surface area (Å²) in [6.07, 6.45) is 1.74. The molecule has 32 heavy (non-hydrogen) atoms. The molecule has 0 spiro atoms. The average Bonchev–Trinajstić information content (AvgIpc) is 3.18. The third kappa shape index (κ3) is 6.18. The molecule has 168 valence electrons. The average molecular weight is 475 g/mol. The van der Waals surface area contributed by atoms with Crippen LogP contribution in [-0.2, 0) is 17.9 Å². The number of aromatic nitrogens is 3. The Morgan fingerprint density at radius 3 is 2.56 bits per heavy atom. The molecule has 0 atom stereocenters. The molecule has 0 radical (unpaired) electrons. The van der Waals surface area contributed by atoms with Crippen LogP contribution in [0.3, 0.4) is 0 Å². The molecular formula is C22H23ClN4O4S. The number of allylic oxidation sites excluding steroid dienone is 1. The molecule has 0 aliphatic heterocycles. The first kappa shape index (κ1) is 23.5. The van der Waals surface area contributed by atoms with Gasteiger partial charge in [0.2, 0.25) is 5.91 Å². The molecule has 3 aromatic rings. The van der Waals surface area contributed by atoms with E-state index in [-0.39, 0.29) is 18.3 Å². The zero-order chi connectivity index (χ0) is 22.9. The van der Waals surface area contributed by atoms with Gasteiger partial charge in [-0.2, -0.15) is 0 Å². The van der Waals surface area contributed by atoms with E-state index in [9.17, 15) is 4.79 Å². The van der Waals surface area contributed by atoms with Gasteiger partial charge < -0.3 is 19.5 Å². The summed E-state index contributed by atoms with van der Waals surface area (Å²) in [6, 6.07) is 12.3. The van der Waals surface area contributed by atoms with Crippen molar-refractivity contribution in [3.8, 4) is 17.2 Å². The predicted molar refractivity (Wildman–Crippen MR) is 125 cm³/mol. The Balaban J connectivity index is 1.59. The van der Waals surface area contributed by atoms with Crippen LogP contribution < -0.4 is 19.5 Å². The van der Waals surface area contributed by atoms with Crippen molar-refractivity contribution in [1.29, 1.82) is 0 Å². The largest absolute Gasteiger partial charge is 0.497 e. The topological polar surface area (TPSA) is 87.5 Å². The molecule has 1 amide bonds. The molecule has 0 unspecified atom stereocenters. The first-order chi connectivity index (χ1) is 15.5. The Morgan fingerprint density at radius 1 is 1.16 bits per heavy atom. The number of ether oxygens (including phenoxy) is 3. The molecule has 2 aromatic carbocycles. The third-order valence-electron chi connectivity index (χ3n) is 4.30. The van der Waals surface area contributed by atoms with Crippen molar-refractivity contribution in [2.75, 3.05) is 25.3 Å². The second-order valence-electron chi connectivity index (χ2n) is 6.45. The number of benzene rings is 2. The number of methoxy groups -OCH3 is 2. The summed E-state index contributed by atoms with van der Waals surface area (Å²) < 4.78 is 17.9. The van der Waals surface area contributed by atoms with Gasteiger partial charge >= 0.3 is 0 Å². The lowest BCUT2D eigenvalue weighted by molar-refractivity contribution is -0.113. The van der Waals surface area contributed by atoms with Crippen LogP contribution in [0.2, 0.25) is 5.02 Å². The van der Waals surface area contributed by atoms with Gasteiger partial charge in [0, 0.05) is 12.2 Å². The van der Waals surface area contributed by atoms with Crippen molar-refractivity contribution in [3.63, 3.8) is 0 Å². The minimum atomic E-state index is -0.194. The van der Waals surface area contributed by atoms with Gasteiger partial charge in [-0.15, -0.1) is 16.8 Å². The Labute approximate surface area is 195 Å². The van der Waals surface area contributed by atoms with Crippen LogP contribution in [0.25, 0.3) is 0 Å². The van der Waals surface area contributed by atoms with Gasteiger partial charge in [-0.05, 0) is 42.5 Å². The Bertz CT molecular complexity index is 1070. The number of hydrogen-bond acceptors (Lipinski definition) is 7. The number of anilines is 1. The number of halogens is 1. The number of rotatable bonds is 11. The lowest BCUT2D eigenvalue weighted by Crippen LogP contribution is -2.15. The van der Waals surface area contributed by atoms with Gasteiger partial charge in [-0.3, -0.25) is 9.36 Å². The second-order valence-corrected chi connectivity index (χ2v) is 7.80. The van der Waals surface area contributed by atoms with E-state index in [4.69, 9.17) is 25.8 Å². The molecule has 0 aliphatic rings. The quantitative estimate of drug-likeness (QED) is 0.324. The fourth-order valence-electron chi connectivity index (χ4n) is 2.74. The van der Waals surface area contributed by atoms with E-state index in [1.54, 1.807) is 31.4 Å². The van der Waals surface area contributed by atoms with Gasteiger partial charge in [0.25, 0.3) is 0 Å². The third-order valence-corrected chi connectivity index (χ3v) is 5.56. The van der Waals surface area contributed by atoms with Crippen LogP contribution in [-0.4, -0.2) is 40.6 Å². The number of nitrogens with one attached hydrogen (secondary N) is 1. The molecule has 1 aromatic heterocycles. The molecule has 0 bridgehead atoms. The van der Waals surface area contributed by atoms with Crippen molar-refractivity contribution < 1.29 is 19.0 Å². The number of hydrogen-bond donors (Lipinski definition) is 1. The number of thioether (sulfide) groups is 1. The van der Waals surface area contributed by atoms with E-state index in [1.165, 1.54) is 18.9 Å². The van der Waals surface area contributed by atoms with Crippen LogP contribution in [0.5, 0.6) is 17.2 Å². The molecule has 0 saturated heterocycles. The summed E-state index contributed by atoms with van der Waals surface area (Å²) in [5, 5.41) is 12.2. The molecule has 10 heteroatoms. The summed E-state index contributed by atoms with van der Waals surface area (Å²) in [5.74, 6) is 2.57. The summed E-state index contributed by atoms with van der Waals surface area (Å²) in [7, 11) is 3.14. The van der Waals surface area contributed by atoms with Gasteiger partial charge in [0.05, 0.1) is 25.0 Å². The minimum absolute atomic E-state index is 0.151. The van der Waals surface area contributed by atoms with Gasteiger partial charge in [0.1, 0.15) is 23.9 Å². The van der Waals surface area contributed by atoms with Gasteiger partial charge in [-0.1, -0.05) is 29.4 Å². The van der Waals surface area contributed by atoms with E-state index >= 15 is 0 Å². The Morgan fingerprint density at radius 2 is 1.91 bits per heavy atom. The first-order valence-corrected chi connectivity index (χ1v) is 11.0. The van der Waals surface area contributed by atoms with E-state index < -0.39 is 0 Å². The number of nitrogens with zero attached hydrogens (tertiary/aromatic N) is 3. The van der Waals surface area contributed by atoms with Crippen molar-refractivity contribution in [2.45, 2.75) is 18.3 Å². The maximum absolute atomic E-state index is 12.4. The number of amides is 1. The number of carbonyl (C=O) groups excluding carboxylic acids is 1. The monoisotopic (exact) mass is 474 g/mol. The van der Waals surface area contributed by atoms with Gasteiger partial charge in [0.15, 0.2) is 11.0 Å². The number of carbonyl (C=O) groups is 1. The Kier molecular flexibility index (Phi) is 8.41. The van der Waals surface area contributed by atoms with E-state index in [1.807, 2.05) is 28.8 Å². The second kappa shape index (κ2) is 11.4. The predicted octanol–water partition coefficient (Wildman–Crippen LogP) is 4.44. The molecule has 0 aliphatic carbocycles. The molecule has 0 saturated carbocycles. The van der Waals surface area contributed by atoms with E-state index in [0.717, 1.165) is 5.75 Å². The smallest absolute Gasteiger partial charge is 0.234 e. The van der Waals surface area contributed by atoms with E-state index in [2.05, 4.69) is 22.1 Å². The molecule has 0 fully saturated rings. The SMILES string of the molecule is C=CCn1c(COc2ccc(OC)cc2)nnc1SCC(=O)Nc1ccc(OC)c(Cl)c1. The van der Waals surface area contributed by atoms with Crippen LogP contribution in [0.1, 0.15) is 5.82 Å². The highest BCUT2D eigenvalue weighted by Gasteiger charge is 2.15. The lowest BCUT2D eigenvalue weighted by Gasteiger charge is -2.10. The highest BCUT2D eigenvalue weighted by atomic mass is 35.5. The van der Waals surface area contributed by atoms with Crippen LogP contribution >= 0.6 is 23.4 Å². The normalized spacial score (nSPS) is 10.5. The lowest BCUT2D eigenvalue weighted by atomic mass is 10.3. The van der Waals surface area contributed by atoms with Crippen molar-refractivity contribution >= 4 is 35.0 Å². The van der Waals surface area contributed by atoms with Crippen molar-refractivity contribution in [2.24, 2.45) is 0 Å². The molecular weight excluding hydrogens is 452 g/mol. The minimum Gasteiger partial charge on any atom is -0.497 e. The summed E-state index contributed by atoms with van der Waals surface area (Å²) >= 11 is 7.38. The molecule has 1 N–H and O–H groups in total. The maximum Gasteiger partial charge on any atom is 0.234 e. The summed E-state index contributed by atoms with van der Waals surface area (Å²) in [5.41, 5.74) is 0.586. The van der Waals surface area contributed by atoms with Crippen LogP contribution in [0, 0.1) is 0 Å². The standard InChI is InChI=1S/C22H23ClN4O4S/c1-4-11-27-20(13-31-17-8-6-16(29-2)7-9-17)25-26-22(27)32-14-21(28)24-15-5-10-19(30-3)18(23)12-15/h4-10,12H,1,11,13-14H2,2-3H3,(H,24,28). The van der Waals surface area contributed by atoms with Crippen LogP contribution in [0.15, 0.2) is 60.3 Å². The zero-order valence-corrected chi connectivity index (χ0v) is 19.3. The van der Waals surface area contributed by atoms with Gasteiger partial charge in [-0.25, -0.2) is 0 Å². The van der Waals surface area contributed by atoms with Crippen LogP contribution in [0.4, 0.5) is 5.69 Å². The zero-order valence-electron chi connectivity index (χ0n) is 17.7. The van der Waals surface area contributed by atoms with Crippen molar-refractivity contribution in [1.82, 2.24) is 14.8 Å². The highest BCUT2D eigenvalue weighted by Crippen LogP contribution is 2.27. The summed E-state index contributed by atoms with van der Waals surface area (Å²) in [4.78, 5) is 12.4. The molecule has 3 rings (SSSR count). The van der Waals surface area contributed by atoms with Crippen molar-refractivity contribution in [3.05, 3.63) is 66.0 Å². The Hall–Kier alpha value is -3.17. The fourth-order valence-corrected chi connectivity index (χ4v) is 3.76. The highest BCUT2D eigenvalue weighted by molar-refractivity contribution is 7.99. The maximum atomic E-state index is 12.4. The first-order valence-electron chi connectivity index (χ1n) is 9.60. The summed E-state index contributed by atoms with van der Waals surface area (Å²) in [6.45, 7) is 4.51. The fraction of sp³-hybridized carbons (Fsp3) is 0.227. The molecule has 8 nitrogen and oxygen atoms in total. The van der Waals surface area contributed by atoms with E-state index in [0.29, 0.717) is 39.7 Å².